The molecule has 0 saturated carbocycles. The van der Waals surface area contributed by atoms with E-state index in [-0.39, 0.29) is 29.4 Å². The van der Waals surface area contributed by atoms with Gasteiger partial charge in [0.05, 0.1) is 5.56 Å². The van der Waals surface area contributed by atoms with Gasteiger partial charge in [-0.05, 0) is 29.7 Å². The Hall–Kier alpha value is -3.17. The van der Waals surface area contributed by atoms with Gasteiger partial charge in [-0.1, -0.05) is 30.3 Å². The number of carboxylic acids is 1. The van der Waals surface area contributed by atoms with Crippen LogP contribution in [-0.4, -0.2) is 52.9 Å². The van der Waals surface area contributed by atoms with Gasteiger partial charge in [-0.3, -0.25) is 9.59 Å². The standard InChI is InChI=1S/C22H25BN2O6/c1-14(26)25(9-8-24)13-15-4-2-5-16(10-15)20(27)12-18-11-17-6-3-7-19(22(28)29)21(17)31-23(18)30/h2-7,10,18,30H,8-9,11-13,24H2,1H3,(H,28,29)/t18-/m1/s1. The van der Waals surface area contributed by atoms with Crippen LogP contribution in [0.5, 0.6) is 5.75 Å². The van der Waals surface area contributed by atoms with Crippen molar-refractivity contribution in [3.8, 4) is 5.75 Å². The summed E-state index contributed by atoms with van der Waals surface area (Å²) in [4.78, 5) is 37.6. The lowest BCUT2D eigenvalue weighted by atomic mass is 9.64. The van der Waals surface area contributed by atoms with Crippen LogP contribution in [0.1, 0.15) is 45.2 Å². The van der Waals surface area contributed by atoms with Gasteiger partial charge in [0.2, 0.25) is 5.91 Å². The van der Waals surface area contributed by atoms with Crippen molar-refractivity contribution in [1.82, 2.24) is 4.90 Å². The summed E-state index contributed by atoms with van der Waals surface area (Å²) in [7, 11) is -1.28. The van der Waals surface area contributed by atoms with Gasteiger partial charge >= 0.3 is 13.1 Å². The fraction of sp³-hybridized carbons (Fsp3) is 0.318. The number of carbonyl (C=O) groups excluding carboxylic acids is 2. The number of benzene rings is 2. The van der Waals surface area contributed by atoms with Crippen molar-refractivity contribution in [3.63, 3.8) is 0 Å². The molecule has 162 valence electrons. The van der Waals surface area contributed by atoms with E-state index in [1.54, 1.807) is 35.2 Å². The lowest BCUT2D eigenvalue weighted by molar-refractivity contribution is -0.129. The van der Waals surface area contributed by atoms with E-state index in [4.69, 9.17) is 10.4 Å². The van der Waals surface area contributed by atoms with Gasteiger partial charge in [0.25, 0.3) is 0 Å². The summed E-state index contributed by atoms with van der Waals surface area (Å²) in [6, 6.07) is 11.8. The van der Waals surface area contributed by atoms with Crippen molar-refractivity contribution in [2.45, 2.75) is 32.1 Å². The first-order chi connectivity index (χ1) is 14.8. The van der Waals surface area contributed by atoms with Gasteiger partial charge in [-0.25, -0.2) is 4.79 Å². The van der Waals surface area contributed by atoms with Crippen LogP contribution in [0.25, 0.3) is 0 Å². The zero-order valence-corrected chi connectivity index (χ0v) is 17.3. The van der Waals surface area contributed by atoms with Crippen LogP contribution in [0.3, 0.4) is 0 Å². The molecule has 8 nitrogen and oxygen atoms in total. The van der Waals surface area contributed by atoms with Crippen molar-refractivity contribution < 1.29 is 29.2 Å². The molecule has 4 N–H and O–H groups in total. The second-order valence-electron chi connectivity index (χ2n) is 7.63. The molecule has 0 spiro atoms. The number of carboxylic acid groups (broad SMARTS) is 1. The molecule has 0 aromatic heterocycles. The number of nitrogens with two attached hydrogens (primary N) is 1. The maximum atomic E-state index is 12.9. The van der Waals surface area contributed by atoms with Gasteiger partial charge in [0.1, 0.15) is 5.75 Å². The minimum Gasteiger partial charge on any atom is -0.535 e. The lowest BCUT2D eigenvalue weighted by Crippen LogP contribution is -2.35. The van der Waals surface area contributed by atoms with Crippen molar-refractivity contribution in [2.24, 2.45) is 5.73 Å². The number of nitrogens with zero attached hydrogens (tertiary/aromatic N) is 1. The summed E-state index contributed by atoms with van der Waals surface area (Å²) in [5.41, 5.74) is 7.49. The van der Waals surface area contributed by atoms with E-state index >= 15 is 0 Å². The Labute approximate surface area is 180 Å². The highest BCUT2D eigenvalue weighted by atomic mass is 16.5. The summed E-state index contributed by atoms with van der Waals surface area (Å²) in [5.74, 6) is -1.75. The minimum absolute atomic E-state index is 0.0125. The van der Waals surface area contributed by atoms with Gasteiger partial charge in [-0.2, -0.15) is 0 Å². The maximum absolute atomic E-state index is 12.9. The summed E-state index contributed by atoms with van der Waals surface area (Å²) >= 11 is 0. The number of ketones is 1. The Morgan fingerprint density at radius 3 is 2.65 bits per heavy atom. The average molecular weight is 424 g/mol. The van der Waals surface area contributed by atoms with E-state index in [1.807, 2.05) is 6.07 Å². The summed E-state index contributed by atoms with van der Waals surface area (Å²) in [6.45, 7) is 2.61. The van der Waals surface area contributed by atoms with E-state index in [0.717, 1.165) is 5.56 Å². The van der Waals surface area contributed by atoms with Crippen LogP contribution in [0.2, 0.25) is 5.82 Å². The van der Waals surface area contributed by atoms with Crippen LogP contribution in [-0.2, 0) is 17.8 Å². The largest absolute Gasteiger partial charge is 0.535 e. The fourth-order valence-corrected chi connectivity index (χ4v) is 3.75. The topological polar surface area (TPSA) is 130 Å². The molecule has 0 saturated heterocycles. The highest BCUT2D eigenvalue weighted by Crippen LogP contribution is 2.36. The van der Waals surface area contributed by atoms with Crippen LogP contribution < -0.4 is 10.4 Å². The van der Waals surface area contributed by atoms with Gasteiger partial charge < -0.3 is 25.4 Å². The third-order valence-corrected chi connectivity index (χ3v) is 5.37. The number of hydrogen-bond donors (Lipinski definition) is 3. The second-order valence-corrected chi connectivity index (χ2v) is 7.63. The van der Waals surface area contributed by atoms with E-state index in [1.165, 1.54) is 13.0 Å². The smallest absolute Gasteiger partial charge is 0.526 e. The fourth-order valence-electron chi connectivity index (χ4n) is 3.75. The van der Waals surface area contributed by atoms with Crippen molar-refractivity contribution >= 4 is 24.8 Å². The molecule has 1 heterocycles. The van der Waals surface area contributed by atoms with Gasteiger partial charge in [0.15, 0.2) is 5.78 Å². The monoisotopic (exact) mass is 424 g/mol. The number of rotatable bonds is 8. The quantitative estimate of drug-likeness (QED) is 0.435. The number of aromatic carboxylic acids is 1. The highest BCUT2D eigenvalue weighted by molar-refractivity contribution is 6.47. The number of amides is 1. The lowest BCUT2D eigenvalue weighted by Gasteiger charge is -2.28. The van der Waals surface area contributed by atoms with Crippen LogP contribution >= 0.6 is 0 Å². The summed E-state index contributed by atoms with van der Waals surface area (Å²) in [5, 5.41) is 19.7. The van der Waals surface area contributed by atoms with Crippen molar-refractivity contribution in [2.75, 3.05) is 13.1 Å². The van der Waals surface area contributed by atoms with Gasteiger partial charge in [0, 0.05) is 44.4 Å². The van der Waals surface area contributed by atoms with Crippen molar-refractivity contribution in [3.05, 3.63) is 64.7 Å². The molecule has 0 radical (unpaired) electrons. The Balaban J connectivity index is 1.73. The van der Waals surface area contributed by atoms with Crippen molar-refractivity contribution in [1.29, 1.82) is 0 Å². The molecule has 0 fully saturated rings. The minimum atomic E-state index is -1.28. The van der Waals surface area contributed by atoms with Crippen LogP contribution in [0.4, 0.5) is 0 Å². The third-order valence-electron chi connectivity index (χ3n) is 5.37. The normalized spacial score (nSPS) is 15.1. The summed E-state index contributed by atoms with van der Waals surface area (Å²) in [6.07, 6.45) is 0.373. The first-order valence-electron chi connectivity index (χ1n) is 10.1. The Bertz CT molecular complexity index is 996. The molecular weight excluding hydrogens is 399 g/mol. The molecule has 1 aliphatic rings. The molecule has 1 amide bonds. The molecule has 0 aliphatic carbocycles. The molecule has 1 atom stereocenters. The zero-order chi connectivity index (χ0) is 22.5. The predicted molar refractivity (Wildman–Crippen MR) is 115 cm³/mol. The van der Waals surface area contributed by atoms with Gasteiger partial charge in [-0.15, -0.1) is 0 Å². The maximum Gasteiger partial charge on any atom is 0.526 e. The molecule has 3 rings (SSSR count). The van der Waals surface area contributed by atoms with Crippen LogP contribution in [0, 0.1) is 0 Å². The SMILES string of the molecule is CC(=O)N(CCN)Cc1cccc(C(=O)C[C@H]2Cc3cccc(C(=O)O)c3OB2O)c1. The number of hydrogen-bond acceptors (Lipinski definition) is 6. The van der Waals surface area contributed by atoms with Crippen LogP contribution in [0.15, 0.2) is 42.5 Å². The Morgan fingerprint density at radius 2 is 1.97 bits per heavy atom. The zero-order valence-electron chi connectivity index (χ0n) is 17.3. The second kappa shape index (κ2) is 9.76. The molecule has 0 unspecified atom stereocenters. The molecule has 1 aliphatic heterocycles. The van der Waals surface area contributed by atoms with E-state index in [9.17, 15) is 24.5 Å². The first kappa shape index (κ1) is 22.5. The third kappa shape index (κ3) is 5.31. The summed E-state index contributed by atoms with van der Waals surface area (Å²) < 4.78 is 5.47. The Kier molecular flexibility index (Phi) is 7.09. The molecule has 31 heavy (non-hydrogen) atoms. The number of para-hydroxylation sites is 1. The predicted octanol–water partition coefficient (Wildman–Crippen LogP) is 1.75. The van der Waals surface area contributed by atoms with E-state index < -0.39 is 18.9 Å². The van der Waals surface area contributed by atoms with E-state index in [2.05, 4.69) is 0 Å². The molecule has 2 aromatic rings. The highest BCUT2D eigenvalue weighted by Gasteiger charge is 2.37. The number of fused-ring (bicyclic) bond motifs is 1. The molecular formula is C22H25BN2O6. The molecule has 9 heteroatoms. The number of carbonyl (C=O) groups is 3. The molecule has 2 aromatic carbocycles. The first-order valence-corrected chi connectivity index (χ1v) is 10.1. The average Bonchev–Trinajstić information content (AvgIpc) is 2.73. The number of Topliss-reactive ketones (excluding diaryl/α,β-unsaturated/α-hetero) is 1. The van der Waals surface area contributed by atoms with E-state index in [0.29, 0.717) is 37.2 Å². The Morgan fingerprint density at radius 1 is 1.23 bits per heavy atom. The molecule has 0 bridgehead atoms.